The van der Waals surface area contributed by atoms with Crippen LogP contribution in [0.5, 0.6) is 11.5 Å². The molecule has 0 spiro atoms. The van der Waals surface area contributed by atoms with E-state index in [9.17, 15) is 4.79 Å². The Morgan fingerprint density at radius 2 is 1.93 bits per heavy atom. The molecule has 3 rings (SSSR count). The molecule has 27 heavy (non-hydrogen) atoms. The molecule has 0 fully saturated rings. The molecule has 1 N–H and O–H groups in total. The van der Waals surface area contributed by atoms with Crippen LogP contribution < -0.4 is 14.8 Å². The predicted octanol–water partition coefficient (Wildman–Crippen LogP) is 4.89. The maximum atomic E-state index is 12.4. The summed E-state index contributed by atoms with van der Waals surface area (Å²) < 4.78 is 11.8. The molecule has 0 aliphatic rings. The second-order valence-electron chi connectivity index (χ2n) is 5.69. The Labute approximate surface area is 165 Å². The molecule has 0 radical (unpaired) electrons. The highest BCUT2D eigenvalue weighted by molar-refractivity contribution is 9.10. The summed E-state index contributed by atoms with van der Waals surface area (Å²) in [6.45, 7) is 2.07. The summed E-state index contributed by atoms with van der Waals surface area (Å²) in [7, 11) is 0. The van der Waals surface area contributed by atoms with Crippen LogP contribution in [0.25, 0.3) is 10.8 Å². The van der Waals surface area contributed by atoms with E-state index in [1.807, 2.05) is 49.4 Å². The number of nitrogens with zero attached hydrogens (tertiary/aromatic N) is 1. The monoisotopic (exact) mass is 424 g/mol. The number of carbonyl (C=O) groups excluding carboxylic acids is 1. The molecule has 0 saturated carbocycles. The Hall–Kier alpha value is -3.04. The number of carbonyl (C=O) groups is 1. The Balaban J connectivity index is 1.75. The van der Waals surface area contributed by atoms with E-state index in [1.165, 1.54) is 0 Å². The van der Waals surface area contributed by atoms with Gasteiger partial charge in [-0.25, -0.2) is 0 Å². The molecule has 0 atom stereocenters. The molecular weight excluding hydrogens is 408 g/mol. The molecule has 5 nitrogen and oxygen atoms in total. The number of benzene rings is 3. The second-order valence-corrected chi connectivity index (χ2v) is 6.55. The first-order valence-corrected chi connectivity index (χ1v) is 9.18. The highest BCUT2D eigenvalue weighted by atomic mass is 79.9. The number of nitriles is 1. The lowest BCUT2D eigenvalue weighted by Gasteiger charge is -2.14. The number of hydrogen-bond donors (Lipinski definition) is 1. The van der Waals surface area contributed by atoms with E-state index in [0.29, 0.717) is 28.1 Å². The number of amides is 1. The molecule has 0 heterocycles. The third-order valence-electron chi connectivity index (χ3n) is 3.85. The second kappa shape index (κ2) is 8.56. The molecular formula is C21H17BrN2O3. The minimum absolute atomic E-state index is 0.187. The largest absolute Gasteiger partial charge is 0.490 e. The van der Waals surface area contributed by atoms with E-state index < -0.39 is 0 Å². The minimum atomic E-state index is -0.287. The minimum Gasteiger partial charge on any atom is -0.490 e. The van der Waals surface area contributed by atoms with Crippen LogP contribution in [-0.4, -0.2) is 19.1 Å². The van der Waals surface area contributed by atoms with Gasteiger partial charge in [0.1, 0.15) is 0 Å². The molecule has 0 aliphatic carbocycles. The van der Waals surface area contributed by atoms with Crippen LogP contribution in [-0.2, 0) is 4.79 Å². The summed E-state index contributed by atoms with van der Waals surface area (Å²) in [5.41, 5.74) is 1.17. The van der Waals surface area contributed by atoms with Crippen molar-refractivity contribution in [2.45, 2.75) is 6.92 Å². The highest BCUT2D eigenvalue weighted by Crippen LogP contribution is 2.36. The van der Waals surface area contributed by atoms with E-state index in [-0.39, 0.29) is 12.5 Å². The number of halogens is 1. The number of ether oxygens (including phenoxy) is 2. The van der Waals surface area contributed by atoms with Crippen molar-refractivity contribution >= 4 is 38.3 Å². The van der Waals surface area contributed by atoms with Gasteiger partial charge in [0.15, 0.2) is 18.1 Å². The van der Waals surface area contributed by atoms with Gasteiger partial charge in [0, 0.05) is 17.1 Å². The number of anilines is 1. The molecule has 136 valence electrons. The molecule has 0 aromatic heterocycles. The van der Waals surface area contributed by atoms with Gasteiger partial charge in [-0.15, -0.1) is 0 Å². The van der Waals surface area contributed by atoms with Crippen LogP contribution >= 0.6 is 15.9 Å². The Morgan fingerprint density at radius 3 is 2.70 bits per heavy atom. The van der Waals surface area contributed by atoms with Gasteiger partial charge < -0.3 is 14.8 Å². The molecule has 3 aromatic carbocycles. The van der Waals surface area contributed by atoms with Crippen LogP contribution in [0.15, 0.2) is 59.1 Å². The van der Waals surface area contributed by atoms with Crippen molar-refractivity contribution in [3.8, 4) is 17.6 Å². The lowest BCUT2D eigenvalue weighted by Crippen LogP contribution is -2.20. The fourth-order valence-electron chi connectivity index (χ4n) is 2.69. The van der Waals surface area contributed by atoms with Gasteiger partial charge in [-0.2, -0.15) is 5.26 Å². The quantitative estimate of drug-likeness (QED) is 0.611. The van der Waals surface area contributed by atoms with Crippen LogP contribution in [0.4, 0.5) is 5.69 Å². The van der Waals surface area contributed by atoms with E-state index in [1.54, 1.807) is 12.1 Å². The summed E-state index contributed by atoms with van der Waals surface area (Å²) in [6, 6.07) is 18.8. The molecule has 3 aromatic rings. The van der Waals surface area contributed by atoms with Gasteiger partial charge >= 0.3 is 0 Å². The summed E-state index contributed by atoms with van der Waals surface area (Å²) >= 11 is 3.37. The molecule has 0 bridgehead atoms. The number of fused-ring (bicyclic) bond motifs is 1. The first-order chi connectivity index (χ1) is 13.1. The van der Waals surface area contributed by atoms with E-state index in [0.717, 1.165) is 16.5 Å². The molecule has 0 saturated heterocycles. The zero-order valence-electron chi connectivity index (χ0n) is 14.7. The zero-order chi connectivity index (χ0) is 19.2. The maximum absolute atomic E-state index is 12.4. The number of hydrogen-bond acceptors (Lipinski definition) is 4. The van der Waals surface area contributed by atoms with E-state index >= 15 is 0 Å². The molecule has 0 aliphatic heterocycles. The molecule has 1 amide bonds. The van der Waals surface area contributed by atoms with Gasteiger partial charge in [0.2, 0.25) is 0 Å². The van der Waals surface area contributed by atoms with E-state index in [4.69, 9.17) is 14.7 Å². The van der Waals surface area contributed by atoms with Gasteiger partial charge in [-0.05, 0) is 40.4 Å². The van der Waals surface area contributed by atoms with Gasteiger partial charge in [0.05, 0.1) is 22.7 Å². The number of rotatable bonds is 6. The smallest absolute Gasteiger partial charge is 0.262 e. The van der Waals surface area contributed by atoms with Gasteiger partial charge in [-0.1, -0.05) is 36.4 Å². The van der Waals surface area contributed by atoms with Crippen LogP contribution in [0.1, 0.15) is 12.5 Å². The third-order valence-corrected chi connectivity index (χ3v) is 4.44. The standard InChI is InChI=1S/C21H17BrN2O3/c1-2-26-19-11-14(12-23)10-17(22)21(19)27-13-20(25)24-18-9-5-7-15-6-3-4-8-16(15)18/h3-11H,2,13H2,1H3,(H,24,25). The van der Waals surface area contributed by atoms with Crippen LogP contribution in [0, 0.1) is 11.3 Å². The van der Waals surface area contributed by atoms with Crippen molar-refractivity contribution in [3.05, 3.63) is 64.6 Å². The van der Waals surface area contributed by atoms with Crippen molar-refractivity contribution in [1.82, 2.24) is 0 Å². The van der Waals surface area contributed by atoms with Gasteiger partial charge in [0.25, 0.3) is 5.91 Å². The Morgan fingerprint density at radius 1 is 1.15 bits per heavy atom. The van der Waals surface area contributed by atoms with Crippen molar-refractivity contribution < 1.29 is 14.3 Å². The fraction of sp³-hybridized carbons (Fsp3) is 0.143. The summed E-state index contributed by atoms with van der Waals surface area (Å²) in [5.74, 6) is 0.523. The topological polar surface area (TPSA) is 71.3 Å². The maximum Gasteiger partial charge on any atom is 0.262 e. The molecule has 0 unspecified atom stereocenters. The van der Waals surface area contributed by atoms with Crippen molar-refractivity contribution in [1.29, 1.82) is 5.26 Å². The third kappa shape index (κ3) is 4.39. The average Bonchev–Trinajstić information content (AvgIpc) is 2.67. The molecule has 6 heteroatoms. The summed E-state index contributed by atoms with van der Waals surface area (Å²) in [4.78, 5) is 12.4. The first kappa shape index (κ1) is 18.7. The number of nitrogens with one attached hydrogen (secondary N) is 1. The highest BCUT2D eigenvalue weighted by Gasteiger charge is 2.14. The summed E-state index contributed by atoms with van der Waals surface area (Å²) in [5, 5.41) is 14.0. The van der Waals surface area contributed by atoms with Crippen molar-refractivity contribution in [2.24, 2.45) is 0 Å². The average molecular weight is 425 g/mol. The lowest BCUT2D eigenvalue weighted by atomic mass is 10.1. The predicted molar refractivity (Wildman–Crippen MR) is 108 cm³/mol. The van der Waals surface area contributed by atoms with Gasteiger partial charge in [-0.3, -0.25) is 4.79 Å². The van der Waals surface area contributed by atoms with Crippen molar-refractivity contribution in [3.63, 3.8) is 0 Å². The van der Waals surface area contributed by atoms with Crippen LogP contribution in [0.3, 0.4) is 0 Å². The zero-order valence-corrected chi connectivity index (χ0v) is 16.2. The SMILES string of the molecule is CCOc1cc(C#N)cc(Br)c1OCC(=O)Nc1cccc2ccccc12. The fourth-order valence-corrected chi connectivity index (χ4v) is 3.25. The normalized spacial score (nSPS) is 10.3. The van der Waals surface area contributed by atoms with Crippen LogP contribution in [0.2, 0.25) is 0 Å². The Kier molecular flexibility index (Phi) is 5.94. The lowest BCUT2D eigenvalue weighted by molar-refractivity contribution is -0.118. The Bertz CT molecular complexity index is 1020. The van der Waals surface area contributed by atoms with Crippen molar-refractivity contribution in [2.75, 3.05) is 18.5 Å². The summed E-state index contributed by atoms with van der Waals surface area (Å²) in [6.07, 6.45) is 0. The van der Waals surface area contributed by atoms with E-state index in [2.05, 4.69) is 27.3 Å². The first-order valence-electron chi connectivity index (χ1n) is 8.39.